The van der Waals surface area contributed by atoms with E-state index in [0.29, 0.717) is 13.1 Å². The Morgan fingerprint density at radius 3 is 2.62 bits per heavy atom. The minimum Gasteiger partial charge on any atom is -0.333 e. The van der Waals surface area contributed by atoms with E-state index < -0.39 is 9.05 Å². The van der Waals surface area contributed by atoms with E-state index in [0.717, 1.165) is 5.56 Å². The smallest absolute Gasteiger partial charge is 0.232 e. The first kappa shape index (κ1) is 17.0. The van der Waals surface area contributed by atoms with Crippen molar-refractivity contribution in [3.05, 3.63) is 54.4 Å². The second-order valence-electron chi connectivity index (χ2n) is 5.98. The molecule has 1 aliphatic rings. The van der Waals surface area contributed by atoms with Gasteiger partial charge in [-0.05, 0) is 11.6 Å². The Hall–Kier alpha value is -1.86. The highest BCUT2D eigenvalue weighted by Crippen LogP contribution is 2.31. The van der Waals surface area contributed by atoms with Gasteiger partial charge in [-0.25, -0.2) is 8.42 Å². The molecule has 1 aromatic carbocycles. The second kappa shape index (κ2) is 6.94. The lowest BCUT2D eigenvalue weighted by atomic mass is 10.1. The first-order chi connectivity index (χ1) is 11.4. The lowest BCUT2D eigenvalue weighted by Crippen LogP contribution is -2.33. The zero-order chi connectivity index (χ0) is 17.2. The molecule has 0 saturated carbocycles. The summed E-state index contributed by atoms with van der Waals surface area (Å²) in [4.78, 5) is 14.2. The Balaban J connectivity index is 1.84. The first-order valence-corrected chi connectivity index (χ1v) is 10.1. The van der Waals surface area contributed by atoms with Crippen molar-refractivity contribution in [2.75, 3.05) is 12.3 Å². The molecule has 24 heavy (non-hydrogen) atoms. The lowest BCUT2D eigenvalue weighted by molar-refractivity contribution is -0.130. The third-order valence-electron chi connectivity index (χ3n) is 4.15. The molecular formula is C16H18ClN3O3S. The van der Waals surface area contributed by atoms with Gasteiger partial charge in [0.25, 0.3) is 0 Å². The normalized spacial score (nSPS) is 19.6. The molecule has 2 atom stereocenters. The SMILES string of the molecule is O=C1CC(CS(=O)(=O)Cl)CN1C(Cn1cccn1)c1ccccc1. The van der Waals surface area contributed by atoms with Crippen LogP contribution >= 0.6 is 10.7 Å². The van der Waals surface area contributed by atoms with Gasteiger partial charge in [0, 0.05) is 42.0 Å². The number of carbonyl (C=O) groups is 1. The highest BCUT2D eigenvalue weighted by atomic mass is 35.7. The lowest BCUT2D eigenvalue weighted by Gasteiger charge is -2.28. The van der Waals surface area contributed by atoms with Gasteiger partial charge in [-0.1, -0.05) is 30.3 Å². The number of benzene rings is 1. The minimum atomic E-state index is -3.62. The molecule has 1 aliphatic heterocycles. The minimum absolute atomic E-state index is 0.0543. The summed E-state index contributed by atoms with van der Waals surface area (Å²) < 4.78 is 24.4. The van der Waals surface area contributed by atoms with E-state index in [1.807, 2.05) is 42.6 Å². The van der Waals surface area contributed by atoms with Crippen LogP contribution in [-0.2, 0) is 20.4 Å². The van der Waals surface area contributed by atoms with Gasteiger partial charge in [-0.15, -0.1) is 0 Å². The fourth-order valence-electron chi connectivity index (χ4n) is 3.15. The molecule has 0 N–H and O–H groups in total. The monoisotopic (exact) mass is 367 g/mol. The van der Waals surface area contributed by atoms with Crippen molar-refractivity contribution >= 4 is 25.6 Å². The number of aromatic nitrogens is 2. The number of halogens is 1. The summed E-state index contributed by atoms with van der Waals surface area (Å²) in [7, 11) is 1.73. The van der Waals surface area contributed by atoms with Crippen molar-refractivity contribution in [3.63, 3.8) is 0 Å². The topological polar surface area (TPSA) is 72.3 Å². The van der Waals surface area contributed by atoms with Crippen molar-refractivity contribution in [1.29, 1.82) is 0 Å². The average Bonchev–Trinajstić information content (AvgIpc) is 3.14. The van der Waals surface area contributed by atoms with Crippen LogP contribution in [0.1, 0.15) is 18.0 Å². The van der Waals surface area contributed by atoms with Crippen molar-refractivity contribution in [3.8, 4) is 0 Å². The van der Waals surface area contributed by atoms with E-state index in [9.17, 15) is 13.2 Å². The van der Waals surface area contributed by atoms with Gasteiger partial charge in [-0.3, -0.25) is 9.48 Å². The zero-order valence-corrected chi connectivity index (χ0v) is 14.5. The van der Waals surface area contributed by atoms with E-state index >= 15 is 0 Å². The molecule has 2 unspecified atom stereocenters. The number of amides is 1. The Bertz CT molecular complexity index is 793. The summed E-state index contributed by atoms with van der Waals surface area (Å²) in [5.41, 5.74) is 0.996. The Morgan fingerprint density at radius 1 is 1.25 bits per heavy atom. The number of nitrogens with zero attached hydrogens (tertiary/aromatic N) is 3. The number of hydrogen-bond donors (Lipinski definition) is 0. The third kappa shape index (κ3) is 4.15. The number of rotatable bonds is 6. The Morgan fingerprint density at radius 2 is 2.00 bits per heavy atom. The summed E-state index contributed by atoms with van der Waals surface area (Å²) in [5, 5.41) is 4.22. The molecule has 2 heterocycles. The van der Waals surface area contributed by atoms with Crippen molar-refractivity contribution in [2.24, 2.45) is 5.92 Å². The number of likely N-dealkylation sites (tertiary alicyclic amines) is 1. The summed E-state index contributed by atoms with van der Waals surface area (Å²) in [6.45, 7) is 0.898. The van der Waals surface area contributed by atoms with E-state index in [-0.39, 0.29) is 30.0 Å². The van der Waals surface area contributed by atoms with Crippen molar-refractivity contribution in [1.82, 2.24) is 14.7 Å². The molecule has 128 valence electrons. The predicted molar refractivity (Wildman–Crippen MR) is 90.9 cm³/mol. The van der Waals surface area contributed by atoms with Crippen LogP contribution in [0.15, 0.2) is 48.8 Å². The number of carbonyl (C=O) groups excluding carboxylic acids is 1. The maximum Gasteiger partial charge on any atom is 0.232 e. The Kier molecular flexibility index (Phi) is 4.91. The van der Waals surface area contributed by atoms with Gasteiger partial charge in [0.15, 0.2) is 0 Å². The van der Waals surface area contributed by atoms with Gasteiger partial charge in [0.05, 0.1) is 18.3 Å². The molecule has 6 nitrogen and oxygen atoms in total. The fourth-order valence-corrected chi connectivity index (χ4v) is 4.47. The summed E-state index contributed by atoms with van der Waals surface area (Å²) >= 11 is 0. The van der Waals surface area contributed by atoms with E-state index in [1.54, 1.807) is 15.8 Å². The van der Waals surface area contributed by atoms with Crippen LogP contribution in [0.25, 0.3) is 0 Å². The quantitative estimate of drug-likeness (QED) is 0.732. The van der Waals surface area contributed by atoms with E-state index in [1.165, 1.54) is 0 Å². The summed E-state index contributed by atoms with van der Waals surface area (Å²) in [6, 6.07) is 11.3. The van der Waals surface area contributed by atoms with Crippen molar-refractivity contribution < 1.29 is 13.2 Å². The van der Waals surface area contributed by atoms with Gasteiger partial charge in [0.2, 0.25) is 15.0 Å². The van der Waals surface area contributed by atoms with Gasteiger partial charge >= 0.3 is 0 Å². The molecule has 0 radical (unpaired) electrons. The van der Waals surface area contributed by atoms with E-state index in [2.05, 4.69) is 5.10 Å². The highest BCUT2D eigenvalue weighted by Gasteiger charge is 2.37. The largest absolute Gasteiger partial charge is 0.333 e. The molecule has 0 aliphatic carbocycles. The van der Waals surface area contributed by atoms with Crippen LogP contribution in [0.3, 0.4) is 0 Å². The third-order valence-corrected chi connectivity index (χ3v) is 5.40. The Labute approximate surface area is 145 Å². The average molecular weight is 368 g/mol. The first-order valence-electron chi connectivity index (χ1n) is 7.66. The second-order valence-corrected chi connectivity index (χ2v) is 8.80. The van der Waals surface area contributed by atoms with Crippen molar-refractivity contribution in [2.45, 2.75) is 19.0 Å². The maximum absolute atomic E-state index is 12.5. The molecule has 0 spiro atoms. The number of hydrogen-bond acceptors (Lipinski definition) is 4. The molecule has 8 heteroatoms. The van der Waals surface area contributed by atoms with Gasteiger partial charge in [-0.2, -0.15) is 5.10 Å². The highest BCUT2D eigenvalue weighted by molar-refractivity contribution is 8.13. The van der Waals surface area contributed by atoms with Crippen LogP contribution in [0, 0.1) is 5.92 Å². The standard InChI is InChI=1S/C16H18ClN3O3S/c17-24(22,23)12-13-9-16(21)20(10-13)15(11-19-8-4-7-18-19)14-5-2-1-3-6-14/h1-8,13,15H,9-12H2. The molecule has 1 fully saturated rings. The van der Waals surface area contributed by atoms with Crippen LogP contribution in [0.5, 0.6) is 0 Å². The van der Waals surface area contributed by atoms with Gasteiger partial charge in [0.1, 0.15) is 0 Å². The van der Waals surface area contributed by atoms with E-state index in [4.69, 9.17) is 10.7 Å². The summed E-state index contributed by atoms with van der Waals surface area (Å²) in [5.74, 6) is -0.509. The molecule has 0 bridgehead atoms. The molecule has 1 saturated heterocycles. The fraction of sp³-hybridized carbons (Fsp3) is 0.375. The summed E-state index contributed by atoms with van der Waals surface area (Å²) in [6.07, 6.45) is 3.74. The molecule has 3 rings (SSSR count). The van der Waals surface area contributed by atoms with Crippen LogP contribution < -0.4 is 0 Å². The van der Waals surface area contributed by atoms with Crippen LogP contribution in [0.2, 0.25) is 0 Å². The van der Waals surface area contributed by atoms with Crippen LogP contribution in [-0.4, -0.2) is 41.3 Å². The predicted octanol–water partition coefficient (Wildman–Crippen LogP) is 2.04. The molecule has 1 amide bonds. The maximum atomic E-state index is 12.5. The molecule has 1 aromatic heterocycles. The molecular weight excluding hydrogens is 350 g/mol. The van der Waals surface area contributed by atoms with Crippen LogP contribution in [0.4, 0.5) is 0 Å². The zero-order valence-electron chi connectivity index (χ0n) is 13.0. The van der Waals surface area contributed by atoms with Gasteiger partial charge < -0.3 is 4.90 Å². The molecule has 2 aromatic rings.